The standard InChI is InChI=1S/C18H19ClFNO3S/c1-21(12-15-3-4-16(20)11-17(15)19)25(22,23)9-7-13-2-5-18-14(10-13)6-8-24-18/h2-5,10-11H,6-9,12H2,1H3. The highest BCUT2D eigenvalue weighted by Crippen LogP contribution is 2.26. The normalized spacial score (nSPS) is 13.8. The van der Waals surface area contributed by atoms with E-state index in [0.717, 1.165) is 23.3 Å². The van der Waals surface area contributed by atoms with Crippen LogP contribution in [-0.4, -0.2) is 32.1 Å². The van der Waals surface area contributed by atoms with Gasteiger partial charge in [-0.2, -0.15) is 0 Å². The summed E-state index contributed by atoms with van der Waals surface area (Å²) in [6, 6.07) is 9.76. The van der Waals surface area contributed by atoms with E-state index in [0.29, 0.717) is 18.6 Å². The summed E-state index contributed by atoms with van der Waals surface area (Å²) in [5.74, 6) is 0.441. The van der Waals surface area contributed by atoms with Crippen LogP contribution in [0, 0.1) is 5.82 Å². The maximum atomic E-state index is 13.1. The van der Waals surface area contributed by atoms with Crippen LogP contribution >= 0.6 is 11.6 Å². The van der Waals surface area contributed by atoms with Crippen molar-refractivity contribution in [3.63, 3.8) is 0 Å². The van der Waals surface area contributed by atoms with Gasteiger partial charge in [-0.3, -0.25) is 0 Å². The number of rotatable bonds is 6. The number of nitrogens with zero attached hydrogens (tertiary/aromatic N) is 1. The Hall–Kier alpha value is -1.63. The van der Waals surface area contributed by atoms with Crippen molar-refractivity contribution in [3.8, 4) is 5.75 Å². The molecule has 0 spiro atoms. The minimum Gasteiger partial charge on any atom is -0.493 e. The fraction of sp³-hybridized carbons (Fsp3) is 0.333. The lowest BCUT2D eigenvalue weighted by Crippen LogP contribution is -2.29. The molecule has 3 rings (SSSR count). The first-order chi connectivity index (χ1) is 11.8. The molecule has 0 unspecified atom stereocenters. The molecule has 0 fully saturated rings. The van der Waals surface area contributed by atoms with E-state index < -0.39 is 15.8 Å². The molecule has 25 heavy (non-hydrogen) atoms. The second-order valence-electron chi connectivity index (χ2n) is 6.10. The van der Waals surface area contributed by atoms with Crippen molar-refractivity contribution < 1.29 is 17.5 Å². The molecule has 0 N–H and O–H groups in total. The Morgan fingerprint density at radius 3 is 2.80 bits per heavy atom. The smallest absolute Gasteiger partial charge is 0.214 e. The minimum absolute atomic E-state index is 0.00194. The second-order valence-corrected chi connectivity index (χ2v) is 8.70. The van der Waals surface area contributed by atoms with Crippen LogP contribution in [0.4, 0.5) is 4.39 Å². The summed E-state index contributed by atoms with van der Waals surface area (Å²) in [6.45, 7) is 0.789. The van der Waals surface area contributed by atoms with Crippen molar-refractivity contribution >= 4 is 21.6 Å². The van der Waals surface area contributed by atoms with Gasteiger partial charge < -0.3 is 4.74 Å². The van der Waals surface area contributed by atoms with E-state index in [1.165, 1.54) is 29.6 Å². The summed E-state index contributed by atoms with van der Waals surface area (Å²) < 4.78 is 44.8. The Morgan fingerprint density at radius 1 is 1.24 bits per heavy atom. The Bertz CT molecular complexity index is 886. The molecular formula is C18H19ClFNO3S. The molecular weight excluding hydrogens is 365 g/mol. The number of aryl methyl sites for hydroxylation is 1. The van der Waals surface area contributed by atoms with Gasteiger partial charge in [0.1, 0.15) is 11.6 Å². The lowest BCUT2D eigenvalue weighted by atomic mass is 10.1. The highest BCUT2D eigenvalue weighted by Gasteiger charge is 2.20. The lowest BCUT2D eigenvalue weighted by molar-refractivity contribution is 0.357. The number of halogens is 2. The van der Waals surface area contributed by atoms with Gasteiger partial charge in [-0.25, -0.2) is 17.1 Å². The molecule has 1 heterocycles. The first-order valence-electron chi connectivity index (χ1n) is 7.98. The molecule has 0 atom stereocenters. The van der Waals surface area contributed by atoms with Gasteiger partial charge in [-0.05, 0) is 41.3 Å². The quantitative estimate of drug-likeness (QED) is 0.767. The van der Waals surface area contributed by atoms with Crippen LogP contribution in [0.15, 0.2) is 36.4 Å². The van der Waals surface area contributed by atoms with Gasteiger partial charge in [0.2, 0.25) is 10.0 Å². The zero-order chi connectivity index (χ0) is 18.0. The van der Waals surface area contributed by atoms with Crippen molar-refractivity contribution in [3.05, 3.63) is 63.9 Å². The molecule has 0 saturated carbocycles. The third-order valence-electron chi connectivity index (χ3n) is 4.29. The fourth-order valence-corrected chi connectivity index (χ4v) is 4.15. The molecule has 1 aliphatic rings. The Morgan fingerprint density at radius 2 is 2.04 bits per heavy atom. The molecule has 134 valence electrons. The summed E-state index contributed by atoms with van der Waals surface area (Å²) >= 11 is 5.98. The van der Waals surface area contributed by atoms with Crippen molar-refractivity contribution in [2.45, 2.75) is 19.4 Å². The third-order valence-corrected chi connectivity index (χ3v) is 6.44. The van der Waals surface area contributed by atoms with Gasteiger partial charge in [0.25, 0.3) is 0 Å². The number of hydrogen-bond donors (Lipinski definition) is 0. The van der Waals surface area contributed by atoms with Crippen molar-refractivity contribution in [1.82, 2.24) is 4.31 Å². The predicted molar refractivity (Wildman–Crippen MR) is 96.0 cm³/mol. The summed E-state index contributed by atoms with van der Waals surface area (Å²) in [4.78, 5) is 0. The number of ether oxygens (including phenoxy) is 1. The molecule has 0 amide bonds. The first kappa shape index (κ1) is 18.2. The van der Waals surface area contributed by atoms with Gasteiger partial charge in [-0.15, -0.1) is 0 Å². The molecule has 2 aromatic carbocycles. The molecule has 0 bridgehead atoms. The van der Waals surface area contributed by atoms with Crippen LogP contribution in [0.3, 0.4) is 0 Å². The van der Waals surface area contributed by atoms with Gasteiger partial charge in [0.15, 0.2) is 0 Å². The number of hydrogen-bond acceptors (Lipinski definition) is 3. The average Bonchev–Trinajstić information content (AvgIpc) is 3.03. The largest absolute Gasteiger partial charge is 0.493 e. The van der Waals surface area contributed by atoms with E-state index in [1.54, 1.807) is 0 Å². The Balaban J connectivity index is 1.64. The van der Waals surface area contributed by atoms with Gasteiger partial charge in [0, 0.05) is 25.0 Å². The second kappa shape index (κ2) is 7.32. The highest BCUT2D eigenvalue weighted by atomic mass is 35.5. The summed E-state index contributed by atoms with van der Waals surface area (Å²) in [7, 11) is -1.94. The van der Waals surface area contributed by atoms with Crippen molar-refractivity contribution in [2.75, 3.05) is 19.4 Å². The summed E-state index contributed by atoms with van der Waals surface area (Å²) in [5, 5.41) is 0.223. The van der Waals surface area contributed by atoms with Crippen LogP contribution in [0.25, 0.3) is 0 Å². The zero-order valence-electron chi connectivity index (χ0n) is 13.8. The molecule has 0 radical (unpaired) electrons. The van der Waals surface area contributed by atoms with Crippen LogP contribution < -0.4 is 4.74 Å². The first-order valence-corrected chi connectivity index (χ1v) is 9.96. The number of sulfonamides is 1. The van der Waals surface area contributed by atoms with Crippen molar-refractivity contribution in [1.29, 1.82) is 0 Å². The molecule has 0 saturated heterocycles. The summed E-state index contributed by atoms with van der Waals surface area (Å²) in [5.41, 5.74) is 2.67. The van der Waals surface area contributed by atoms with E-state index in [-0.39, 0.29) is 17.3 Å². The predicted octanol–water partition coefficient (Wildman–Crippen LogP) is 3.42. The Kier molecular flexibility index (Phi) is 5.32. The SMILES string of the molecule is CN(Cc1ccc(F)cc1Cl)S(=O)(=O)CCc1ccc2c(c1)CCO2. The van der Waals surface area contributed by atoms with Gasteiger partial charge in [0.05, 0.1) is 12.4 Å². The zero-order valence-corrected chi connectivity index (χ0v) is 15.4. The van der Waals surface area contributed by atoms with E-state index in [9.17, 15) is 12.8 Å². The van der Waals surface area contributed by atoms with E-state index in [1.807, 2.05) is 18.2 Å². The number of benzene rings is 2. The topological polar surface area (TPSA) is 46.6 Å². The Labute approximate surface area is 152 Å². The minimum atomic E-state index is -3.45. The van der Waals surface area contributed by atoms with E-state index >= 15 is 0 Å². The average molecular weight is 384 g/mol. The molecule has 4 nitrogen and oxygen atoms in total. The molecule has 2 aromatic rings. The maximum absolute atomic E-state index is 13.1. The monoisotopic (exact) mass is 383 g/mol. The molecule has 7 heteroatoms. The van der Waals surface area contributed by atoms with E-state index in [4.69, 9.17) is 16.3 Å². The maximum Gasteiger partial charge on any atom is 0.214 e. The van der Waals surface area contributed by atoms with Crippen LogP contribution in [-0.2, 0) is 29.4 Å². The van der Waals surface area contributed by atoms with Gasteiger partial charge >= 0.3 is 0 Å². The number of fused-ring (bicyclic) bond motifs is 1. The highest BCUT2D eigenvalue weighted by molar-refractivity contribution is 7.89. The van der Waals surface area contributed by atoms with E-state index in [2.05, 4.69) is 0 Å². The fourth-order valence-electron chi connectivity index (χ4n) is 2.79. The van der Waals surface area contributed by atoms with Gasteiger partial charge in [-0.1, -0.05) is 29.8 Å². The molecule has 1 aliphatic heterocycles. The molecule has 0 aliphatic carbocycles. The lowest BCUT2D eigenvalue weighted by Gasteiger charge is -2.18. The molecule has 0 aromatic heterocycles. The van der Waals surface area contributed by atoms with Crippen LogP contribution in [0.1, 0.15) is 16.7 Å². The summed E-state index contributed by atoms with van der Waals surface area (Å²) in [6.07, 6.45) is 1.29. The third kappa shape index (κ3) is 4.32. The van der Waals surface area contributed by atoms with Crippen LogP contribution in [0.2, 0.25) is 5.02 Å². The van der Waals surface area contributed by atoms with Crippen LogP contribution in [0.5, 0.6) is 5.75 Å². The van der Waals surface area contributed by atoms with Crippen molar-refractivity contribution in [2.24, 2.45) is 0 Å².